The maximum absolute atomic E-state index is 5.82. The van der Waals surface area contributed by atoms with Gasteiger partial charge >= 0.3 is 0 Å². The number of aromatic nitrogens is 1. The van der Waals surface area contributed by atoms with Crippen LogP contribution in [0.3, 0.4) is 0 Å². The molecule has 4 nitrogen and oxygen atoms in total. The van der Waals surface area contributed by atoms with E-state index in [-0.39, 0.29) is 0 Å². The number of hydrogen-bond donors (Lipinski definition) is 1. The monoisotopic (exact) mass is 281 g/mol. The van der Waals surface area contributed by atoms with Crippen LogP contribution in [0.15, 0.2) is 0 Å². The number of likely N-dealkylation sites (N-methyl/N-ethyl adjacent to an activating group) is 1. The molecule has 5 heteroatoms. The molecule has 2 saturated carbocycles. The molecule has 106 valence electrons. The van der Waals surface area contributed by atoms with Crippen LogP contribution in [0, 0.1) is 5.92 Å². The summed E-state index contributed by atoms with van der Waals surface area (Å²) in [7, 11) is 2.09. The molecule has 2 fully saturated rings. The molecule has 3 rings (SSSR count). The first-order valence-corrected chi connectivity index (χ1v) is 8.08. The first-order chi connectivity index (χ1) is 9.28. The molecule has 2 aliphatic rings. The lowest BCUT2D eigenvalue weighted by Gasteiger charge is -2.15. The highest BCUT2D eigenvalue weighted by Gasteiger charge is 2.29. The summed E-state index contributed by atoms with van der Waals surface area (Å²) in [5, 5.41) is 1.09. The van der Waals surface area contributed by atoms with Crippen molar-refractivity contribution in [2.45, 2.75) is 38.1 Å². The summed E-state index contributed by atoms with van der Waals surface area (Å²) >= 11 is 1.75. The first kappa shape index (κ1) is 13.3. The van der Waals surface area contributed by atoms with Crippen LogP contribution in [0.5, 0.6) is 0 Å². The Morgan fingerprint density at radius 3 is 2.79 bits per heavy atom. The van der Waals surface area contributed by atoms with Gasteiger partial charge in [0.15, 0.2) is 5.13 Å². The van der Waals surface area contributed by atoms with Crippen molar-refractivity contribution in [3.63, 3.8) is 0 Å². The average Bonchev–Trinajstić information content (AvgIpc) is 3.33. The highest BCUT2D eigenvalue weighted by atomic mass is 32.1. The Morgan fingerprint density at radius 1 is 1.37 bits per heavy atom. The third kappa shape index (κ3) is 3.46. The lowest BCUT2D eigenvalue weighted by atomic mass is 10.2. The van der Waals surface area contributed by atoms with Gasteiger partial charge in [0, 0.05) is 37.5 Å². The Hall–Kier alpha value is -0.650. The summed E-state index contributed by atoms with van der Waals surface area (Å²) in [6.07, 6.45) is 5.27. The maximum atomic E-state index is 5.82. The molecule has 19 heavy (non-hydrogen) atoms. The Labute approximate surface area is 119 Å². The fraction of sp³-hybridized carbons (Fsp3) is 0.786. The topological polar surface area (TPSA) is 51.4 Å². The van der Waals surface area contributed by atoms with Gasteiger partial charge in [0.25, 0.3) is 0 Å². The Bertz CT molecular complexity index is 426. The first-order valence-electron chi connectivity index (χ1n) is 7.26. The van der Waals surface area contributed by atoms with Crippen LogP contribution in [0.25, 0.3) is 0 Å². The van der Waals surface area contributed by atoms with Crippen molar-refractivity contribution in [1.29, 1.82) is 0 Å². The van der Waals surface area contributed by atoms with Crippen molar-refractivity contribution < 1.29 is 4.74 Å². The van der Waals surface area contributed by atoms with Gasteiger partial charge in [0.1, 0.15) is 0 Å². The molecular formula is C14H23N3OS. The molecule has 1 heterocycles. The van der Waals surface area contributed by atoms with Gasteiger partial charge in [-0.1, -0.05) is 0 Å². The minimum atomic E-state index is 0.621. The van der Waals surface area contributed by atoms with E-state index < -0.39 is 0 Å². The van der Waals surface area contributed by atoms with E-state index in [9.17, 15) is 0 Å². The van der Waals surface area contributed by atoms with Gasteiger partial charge in [-0.15, -0.1) is 11.3 Å². The molecular weight excluding hydrogens is 258 g/mol. The van der Waals surface area contributed by atoms with Crippen LogP contribution >= 0.6 is 11.3 Å². The lowest BCUT2D eigenvalue weighted by Crippen LogP contribution is -2.22. The minimum Gasteiger partial charge on any atom is -0.379 e. The molecule has 0 spiro atoms. The van der Waals surface area contributed by atoms with E-state index in [1.165, 1.54) is 36.3 Å². The highest BCUT2D eigenvalue weighted by molar-refractivity contribution is 7.15. The Kier molecular flexibility index (Phi) is 4.05. The number of thiazole rings is 1. The van der Waals surface area contributed by atoms with Crippen LogP contribution < -0.4 is 10.6 Å². The lowest BCUT2D eigenvalue weighted by molar-refractivity contribution is 0.131. The van der Waals surface area contributed by atoms with Crippen LogP contribution in [-0.2, 0) is 11.3 Å². The Balaban J connectivity index is 1.51. The zero-order valence-electron chi connectivity index (χ0n) is 11.6. The number of hydrogen-bond acceptors (Lipinski definition) is 5. The van der Waals surface area contributed by atoms with Gasteiger partial charge in [-0.25, -0.2) is 4.98 Å². The van der Waals surface area contributed by atoms with E-state index in [0.717, 1.165) is 30.8 Å². The summed E-state index contributed by atoms with van der Waals surface area (Å²) in [5.74, 6) is 1.53. The van der Waals surface area contributed by atoms with E-state index >= 15 is 0 Å². The predicted octanol–water partition coefficient (Wildman–Crippen LogP) is 2.34. The number of anilines is 1. The zero-order valence-corrected chi connectivity index (χ0v) is 12.4. The van der Waals surface area contributed by atoms with Gasteiger partial charge in [-0.05, 0) is 31.6 Å². The van der Waals surface area contributed by atoms with Crippen LogP contribution in [0.1, 0.15) is 42.2 Å². The van der Waals surface area contributed by atoms with Gasteiger partial charge in [-0.3, -0.25) is 0 Å². The van der Waals surface area contributed by atoms with E-state index in [0.29, 0.717) is 12.5 Å². The molecule has 0 radical (unpaired) electrons. The normalized spacial score (nSPS) is 18.8. The van der Waals surface area contributed by atoms with E-state index in [2.05, 4.69) is 11.9 Å². The number of nitrogens with zero attached hydrogens (tertiary/aromatic N) is 2. The second-order valence-electron chi connectivity index (χ2n) is 5.72. The smallest absolute Gasteiger partial charge is 0.185 e. The average molecular weight is 281 g/mol. The molecule has 0 bridgehead atoms. The third-order valence-corrected chi connectivity index (χ3v) is 5.02. The van der Waals surface area contributed by atoms with Crippen LogP contribution in [-0.4, -0.2) is 31.8 Å². The molecule has 0 saturated heterocycles. The SMILES string of the molecule is CN(CCOCC1CC1)c1nc(C2CC2)c(CN)s1. The van der Waals surface area contributed by atoms with Gasteiger partial charge in [0.05, 0.1) is 12.3 Å². The molecule has 2 N–H and O–H groups in total. The largest absolute Gasteiger partial charge is 0.379 e. The number of ether oxygens (including phenoxy) is 1. The van der Waals surface area contributed by atoms with Crippen LogP contribution in [0.2, 0.25) is 0 Å². The second kappa shape index (κ2) is 5.77. The predicted molar refractivity (Wildman–Crippen MR) is 78.8 cm³/mol. The van der Waals surface area contributed by atoms with Gasteiger partial charge < -0.3 is 15.4 Å². The quantitative estimate of drug-likeness (QED) is 0.743. The summed E-state index contributed by atoms with van der Waals surface area (Å²) in [4.78, 5) is 8.24. The molecule has 0 atom stereocenters. The minimum absolute atomic E-state index is 0.621. The third-order valence-electron chi connectivity index (χ3n) is 3.81. The highest BCUT2D eigenvalue weighted by Crippen LogP contribution is 2.43. The molecule has 0 amide bonds. The van der Waals surface area contributed by atoms with Gasteiger partial charge in [0.2, 0.25) is 0 Å². The second-order valence-corrected chi connectivity index (χ2v) is 6.79. The number of rotatable bonds is 8. The van der Waals surface area contributed by atoms with Crippen molar-refractivity contribution in [2.75, 3.05) is 31.7 Å². The summed E-state index contributed by atoms with van der Waals surface area (Å²) < 4.78 is 5.68. The fourth-order valence-corrected chi connectivity index (χ4v) is 3.18. The summed E-state index contributed by atoms with van der Waals surface area (Å²) in [5.41, 5.74) is 7.08. The van der Waals surface area contributed by atoms with Crippen LogP contribution in [0.4, 0.5) is 5.13 Å². The van der Waals surface area contributed by atoms with Crippen molar-refractivity contribution in [3.05, 3.63) is 10.6 Å². The molecule has 0 aliphatic heterocycles. The summed E-state index contributed by atoms with van der Waals surface area (Å²) in [6.45, 7) is 3.26. The summed E-state index contributed by atoms with van der Waals surface area (Å²) in [6, 6.07) is 0. The number of nitrogens with two attached hydrogens (primary N) is 1. The standard InChI is InChI=1S/C14H23N3OS/c1-17(6-7-18-9-10-2-3-10)14-16-13(11-4-5-11)12(8-15)19-14/h10-11H,2-9,15H2,1H3. The molecule has 0 aromatic carbocycles. The van der Waals surface area contributed by atoms with E-state index in [4.69, 9.17) is 15.5 Å². The van der Waals surface area contributed by atoms with Gasteiger partial charge in [-0.2, -0.15) is 0 Å². The molecule has 1 aromatic heterocycles. The molecule has 2 aliphatic carbocycles. The van der Waals surface area contributed by atoms with Crippen molar-refractivity contribution >= 4 is 16.5 Å². The fourth-order valence-electron chi connectivity index (χ4n) is 2.17. The Morgan fingerprint density at radius 2 is 2.16 bits per heavy atom. The molecule has 0 unspecified atom stereocenters. The van der Waals surface area contributed by atoms with Crippen molar-refractivity contribution in [3.8, 4) is 0 Å². The zero-order chi connectivity index (χ0) is 13.2. The molecule has 1 aromatic rings. The maximum Gasteiger partial charge on any atom is 0.185 e. The van der Waals surface area contributed by atoms with E-state index in [1.807, 2.05) is 0 Å². The van der Waals surface area contributed by atoms with Crippen molar-refractivity contribution in [1.82, 2.24) is 4.98 Å². The van der Waals surface area contributed by atoms with Crippen molar-refractivity contribution in [2.24, 2.45) is 11.7 Å². The van der Waals surface area contributed by atoms with E-state index in [1.54, 1.807) is 11.3 Å².